The molecule has 0 amide bonds. The van der Waals surface area contributed by atoms with Crippen molar-refractivity contribution in [1.82, 2.24) is 5.32 Å². The molecule has 1 aromatic rings. The van der Waals surface area contributed by atoms with Crippen molar-refractivity contribution < 1.29 is 33.6 Å². The van der Waals surface area contributed by atoms with Crippen LogP contribution in [0.5, 0.6) is 0 Å². The van der Waals surface area contributed by atoms with Crippen LogP contribution in [0.2, 0.25) is 0 Å². The van der Waals surface area contributed by atoms with Crippen LogP contribution in [0, 0.1) is 20.2 Å². The smallest absolute Gasteiger partial charge is 0.336 e. The number of nitro groups is 2. The second kappa shape index (κ2) is 21.2. The van der Waals surface area contributed by atoms with Gasteiger partial charge in [0.05, 0.1) is 52.3 Å². The van der Waals surface area contributed by atoms with Crippen molar-refractivity contribution in [2.75, 3.05) is 19.8 Å². The number of nitrogens with zero attached hydrogens (tertiary/aromatic N) is 2. The zero-order valence-corrected chi connectivity index (χ0v) is 29.7. The number of carbonyl (C=O) groups is 2. The number of carbonyl (C=O) groups excluding carboxylic acids is 2. The molecule has 1 aromatic carbocycles. The van der Waals surface area contributed by atoms with Crippen LogP contribution in [0.25, 0.3) is 0 Å². The van der Waals surface area contributed by atoms with Crippen LogP contribution < -0.4 is 5.32 Å². The maximum atomic E-state index is 13.4. The quantitative estimate of drug-likeness (QED) is 0.0516. The summed E-state index contributed by atoms with van der Waals surface area (Å²) in [5.41, 5.74) is 0.0637. The number of ether oxygens (including phenoxy) is 3. The van der Waals surface area contributed by atoms with E-state index in [1.807, 2.05) is 6.92 Å². The van der Waals surface area contributed by atoms with E-state index in [2.05, 4.69) is 12.2 Å². The van der Waals surface area contributed by atoms with Crippen LogP contribution in [0.4, 0.5) is 11.4 Å². The molecule has 1 unspecified atom stereocenters. The van der Waals surface area contributed by atoms with Crippen LogP contribution in [0.1, 0.15) is 136 Å². The van der Waals surface area contributed by atoms with Crippen LogP contribution >= 0.6 is 0 Å². The lowest BCUT2D eigenvalue weighted by Crippen LogP contribution is -2.33. The first-order valence-electron chi connectivity index (χ1n) is 17.6. The number of non-ortho nitro benzene ring substituents is 1. The first-order chi connectivity index (χ1) is 23.0. The maximum absolute atomic E-state index is 13.4. The van der Waals surface area contributed by atoms with Crippen LogP contribution in [0.15, 0.2) is 34.7 Å². The Balaban J connectivity index is 2.51. The van der Waals surface area contributed by atoms with Gasteiger partial charge in [0.2, 0.25) is 0 Å². The van der Waals surface area contributed by atoms with Crippen LogP contribution in [0.3, 0.4) is 0 Å². The first kappa shape index (κ1) is 40.4. The monoisotopic (exact) mass is 673 g/mol. The van der Waals surface area contributed by atoms with Gasteiger partial charge >= 0.3 is 11.9 Å². The SMILES string of the molecule is CCCCCCCCCCCCCC(Cc1c(C2C(C(=O)OCC)=C(C)NC(C)=C2C(=O)OCC)cc([N+](=O)[O-])cc1[N+](=O)[O-])OCC. The van der Waals surface area contributed by atoms with E-state index in [0.717, 1.165) is 31.7 Å². The van der Waals surface area contributed by atoms with Gasteiger partial charge in [-0.1, -0.05) is 77.6 Å². The molecule has 48 heavy (non-hydrogen) atoms. The first-order valence-corrected chi connectivity index (χ1v) is 17.6. The fourth-order valence-corrected chi connectivity index (χ4v) is 6.42. The highest BCUT2D eigenvalue weighted by Gasteiger charge is 2.41. The number of rotatable bonds is 23. The summed E-state index contributed by atoms with van der Waals surface area (Å²) in [6, 6.07) is 2.16. The van der Waals surface area contributed by atoms with E-state index in [1.54, 1.807) is 27.7 Å². The van der Waals surface area contributed by atoms with Crippen LogP contribution in [-0.2, 0) is 30.2 Å². The second-order valence-electron chi connectivity index (χ2n) is 12.2. The molecule has 1 aliphatic heterocycles. The van der Waals surface area contributed by atoms with Gasteiger partial charge < -0.3 is 19.5 Å². The summed E-state index contributed by atoms with van der Waals surface area (Å²) in [6.07, 6.45) is 13.2. The average Bonchev–Trinajstić information content (AvgIpc) is 3.03. The fraction of sp³-hybridized carbons (Fsp3) is 0.667. The largest absolute Gasteiger partial charge is 0.463 e. The molecule has 0 saturated carbocycles. The van der Waals surface area contributed by atoms with E-state index in [9.17, 15) is 29.8 Å². The highest BCUT2D eigenvalue weighted by atomic mass is 16.6. The number of allylic oxidation sites excluding steroid dienone is 2. The molecular formula is C36H55N3O9. The number of hydrogen-bond acceptors (Lipinski definition) is 10. The Morgan fingerprint density at radius 3 is 1.69 bits per heavy atom. The standard InChI is InChI=1S/C36H55N3O9/c1-7-11-12-13-14-15-16-17-18-19-20-21-28(46-8-2)24-29-30(22-27(38(42)43)23-31(29)39(44)45)34-32(35(40)47-9-3)25(5)37-26(6)33(34)36(41)48-10-4/h22-23,28,34,37H,7-21,24H2,1-6H3. The van der Waals surface area contributed by atoms with Crippen molar-refractivity contribution in [2.24, 2.45) is 0 Å². The molecule has 0 spiro atoms. The highest BCUT2D eigenvalue weighted by Crippen LogP contribution is 2.44. The Morgan fingerprint density at radius 1 is 0.750 bits per heavy atom. The van der Waals surface area contributed by atoms with Gasteiger partial charge in [-0.2, -0.15) is 0 Å². The molecule has 0 saturated heterocycles. The number of unbranched alkanes of at least 4 members (excludes halogenated alkanes) is 10. The lowest BCUT2D eigenvalue weighted by Gasteiger charge is -2.31. The summed E-state index contributed by atoms with van der Waals surface area (Å²) in [5, 5.41) is 27.6. The third kappa shape index (κ3) is 11.7. The molecule has 0 radical (unpaired) electrons. The molecule has 1 N–H and O–H groups in total. The van der Waals surface area contributed by atoms with Gasteiger partial charge in [0.1, 0.15) is 0 Å². The van der Waals surface area contributed by atoms with Gasteiger partial charge in [-0.3, -0.25) is 20.2 Å². The number of hydrogen-bond donors (Lipinski definition) is 1. The normalized spacial score (nSPS) is 14.1. The zero-order chi connectivity index (χ0) is 35.6. The van der Waals surface area contributed by atoms with E-state index in [1.165, 1.54) is 51.0 Å². The van der Waals surface area contributed by atoms with Gasteiger partial charge in [-0.15, -0.1) is 0 Å². The van der Waals surface area contributed by atoms with Gasteiger partial charge in [-0.05, 0) is 46.6 Å². The summed E-state index contributed by atoms with van der Waals surface area (Å²) in [6.45, 7) is 11.0. The van der Waals surface area contributed by atoms with E-state index in [-0.39, 0.29) is 41.9 Å². The Bertz CT molecular complexity index is 1280. The number of nitrogens with one attached hydrogen (secondary N) is 1. The minimum absolute atomic E-state index is 0.0277. The van der Waals surface area contributed by atoms with Crippen LogP contribution in [-0.4, -0.2) is 47.7 Å². The Morgan fingerprint density at radius 2 is 1.25 bits per heavy atom. The van der Waals surface area contributed by atoms with Gasteiger partial charge in [0.15, 0.2) is 0 Å². The van der Waals surface area contributed by atoms with E-state index in [4.69, 9.17) is 14.2 Å². The molecular weight excluding hydrogens is 618 g/mol. The van der Waals surface area contributed by atoms with Gasteiger partial charge in [0.25, 0.3) is 11.4 Å². The Hall–Kier alpha value is -3.80. The average molecular weight is 674 g/mol. The molecule has 1 aliphatic rings. The summed E-state index contributed by atoms with van der Waals surface area (Å²) in [7, 11) is 0. The molecule has 12 nitrogen and oxygen atoms in total. The lowest BCUT2D eigenvalue weighted by atomic mass is 9.77. The van der Waals surface area contributed by atoms with Crippen molar-refractivity contribution in [3.8, 4) is 0 Å². The van der Waals surface area contributed by atoms with E-state index in [0.29, 0.717) is 24.4 Å². The molecule has 0 aromatic heterocycles. The van der Waals surface area contributed by atoms with Gasteiger partial charge in [0, 0.05) is 36.1 Å². The number of nitro benzene ring substituents is 2. The minimum Gasteiger partial charge on any atom is -0.463 e. The highest BCUT2D eigenvalue weighted by molar-refractivity contribution is 6.00. The molecule has 1 heterocycles. The third-order valence-electron chi connectivity index (χ3n) is 8.68. The maximum Gasteiger partial charge on any atom is 0.336 e. The van der Waals surface area contributed by atoms with Crippen molar-refractivity contribution in [2.45, 2.75) is 137 Å². The molecule has 268 valence electrons. The minimum atomic E-state index is -1.22. The third-order valence-corrected chi connectivity index (χ3v) is 8.68. The lowest BCUT2D eigenvalue weighted by molar-refractivity contribution is -0.394. The molecule has 2 rings (SSSR count). The van der Waals surface area contributed by atoms with Gasteiger partial charge in [-0.25, -0.2) is 9.59 Å². The van der Waals surface area contributed by atoms with Crippen molar-refractivity contribution in [3.05, 3.63) is 66.0 Å². The fourth-order valence-electron chi connectivity index (χ4n) is 6.42. The topological polar surface area (TPSA) is 160 Å². The summed E-state index contributed by atoms with van der Waals surface area (Å²) >= 11 is 0. The van der Waals surface area contributed by atoms with Crippen molar-refractivity contribution >= 4 is 23.3 Å². The Kier molecular flexibility index (Phi) is 17.9. The predicted octanol–water partition coefficient (Wildman–Crippen LogP) is 8.51. The summed E-state index contributed by atoms with van der Waals surface area (Å²) in [4.78, 5) is 50.1. The van der Waals surface area contributed by atoms with E-state index >= 15 is 0 Å². The predicted molar refractivity (Wildman–Crippen MR) is 184 cm³/mol. The second-order valence-corrected chi connectivity index (χ2v) is 12.2. The molecule has 1 atom stereocenters. The van der Waals surface area contributed by atoms with Crippen molar-refractivity contribution in [1.29, 1.82) is 0 Å². The molecule has 0 fully saturated rings. The number of esters is 2. The summed E-state index contributed by atoms with van der Waals surface area (Å²) < 4.78 is 16.8. The Labute approximate surface area is 285 Å². The summed E-state index contributed by atoms with van der Waals surface area (Å²) in [5.74, 6) is -2.71. The zero-order valence-electron chi connectivity index (χ0n) is 29.7. The molecule has 0 aliphatic carbocycles. The van der Waals surface area contributed by atoms with E-state index < -0.39 is 45.2 Å². The molecule has 12 heteroatoms. The van der Waals surface area contributed by atoms with Crippen molar-refractivity contribution in [3.63, 3.8) is 0 Å². The number of benzene rings is 1. The number of dihydropyridines is 1. The molecule has 0 bridgehead atoms.